The molecule has 106 valence electrons. The van der Waals surface area contributed by atoms with Crippen molar-refractivity contribution in [3.63, 3.8) is 0 Å². The van der Waals surface area contributed by atoms with Crippen LogP contribution < -0.4 is 0 Å². The third-order valence-electron chi connectivity index (χ3n) is 2.99. The molecule has 4 nitrogen and oxygen atoms in total. The minimum absolute atomic E-state index is 0.0158. The summed E-state index contributed by atoms with van der Waals surface area (Å²) < 4.78 is 0. The predicted molar refractivity (Wildman–Crippen MR) is 74.2 cm³/mol. The molecule has 0 rings (SSSR count). The summed E-state index contributed by atoms with van der Waals surface area (Å²) in [5, 5.41) is 0. The maximum atomic E-state index is 12.7. The van der Waals surface area contributed by atoms with Crippen molar-refractivity contribution in [3.05, 3.63) is 0 Å². The lowest BCUT2D eigenvalue weighted by Crippen LogP contribution is -2.56. The molecule has 0 aliphatic rings. The van der Waals surface area contributed by atoms with E-state index in [1.165, 1.54) is 4.90 Å². The molecule has 0 radical (unpaired) electrons. The topological polar surface area (TPSA) is 40.6 Å². The van der Waals surface area contributed by atoms with Gasteiger partial charge in [0.25, 0.3) is 0 Å². The molecule has 0 unspecified atom stereocenters. The van der Waals surface area contributed by atoms with E-state index in [1.54, 1.807) is 7.05 Å². The number of amides is 2. The minimum Gasteiger partial charge on any atom is -0.336 e. The van der Waals surface area contributed by atoms with E-state index in [1.807, 2.05) is 53.4 Å². The average Bonchev–Trinajstić information content (AvgIpc) is 2.13. The molecule has 0 aliphatic heterocycles. The molecule has 0 N–H and O–H groups in total. The van der Waals surface area contributed by atoms with Gasteiger partial charge in [0.1, 0.15) is 6.04 Å². The summed E-state index contributed by atoms with van der Waals surface area (Å²) in [6, 6.07) is -0.176. The van der Waals surface area contributed by atoms with Crippen molar-refractivity contribution >= 4 is 12.3 Å². The Labute approximate surface area is 111 Å². The van der Waals surface area contributed by atoms with Gasteiger partial charge in [-0.25, -0.2) is 0 Å². The van der Waals surface area contributed by atoms with Gasteiger partial charge in [0.15, 0.2) is 0 Å². The molecule has 0 spiro atoms. The van der Waals surface area contributed by atoms with Gasteiger partial charge < -0.3 is 9.80 Å². The first-order valence-corrected chi connectivity index (χ1v) is 6.53. The molecule has 0 aromatic carbocycles. The van der Waals surface area contributed by atoms with Crippen LogP contribution in [-0.2, 0) is 9.59 Å². The smallest absolute Gasteiger partial charge is 0.246 e. The number of carbonyl (C=O) groups is 2. The zero-order chi connectivity index (χ0) is 14.7. The molecule has 0 saturated heterocycles. The van der Waals surface area contributed by atoms with Crippen LogP contribution in [0.15, 0.2) is 0 Å². The Morgan fingerprint density at radius 2 is 1.44 bits per heavy atom. The molecular weight excluding hydrogens is 228 g/mol. The van der Waals surface area contributed by atoms with E-state index >= 15 is 0 Å². The molecule has 4 heteroatoms. The van der Waals surface area contributed by atoms with Gasteiger partial charge in [0, 0.05) is 19.1 Å². The van der Waals surface area contributed by atoms with Crippen LogP contribution in [0, 0.1) is 5.41 Å². The van der Waals surface area contributed by atoms with E-state index in [-0.39, 0.29) is 23.4 Å². The van der Waals surface area contributed by atoms with E-state index in [4.69, 9.17) is 0 Å². The highest BCUT2D eigenvalue weighted by Crippen LogP contribution is 2.26. The summed E-state index contributed by atoms with van der Waals surface area (Å²) in [6.07, 6.45) is 0.729. The van der Waals surface area contributed by atoms with Gasteiger partial charge in [-0.15, -0.1) is 0 Å². The lowest BCUT2D eigenvalue weighted by molar-refractivity contribution is -0.147. The minimum atomic E-state index is -0.431. The van der Waals surface area contributed by atoms with Crippen molar-refractivity contribution in [3.8, 4) is 0 Å². The second kappa shape index (κ2) is 6.21. The first-order chi connectivity index (χ1) is 8.03. The summed E-state index contributed by atoms with van der Waals surface area (Å²) in [4.78, 5) is 27.0. The van der Waals surface area contributed by atoms with Crippen LogP contribution in [0.1, 0.15) is 48.5 Å². The predicted octanol–water partition coefficient (Wildman–Crippen LogP) is 2.13. The molecule has 18 heavy (non-hydrogen) atoms. The van der Waals surface area contributed by atoms with E-state index < -0.39 is 6.04 Å². The van der Waals surface area contributed by atoms with E-state index in [0.29, 0.717) is 0 Å². The van der Waals surface area contributed by atoms with Crippen molar-refractivity contribution in [2.45, 2.75) is 66.6 Å². The van der Waals surface area contributed by atoms with Crippen LogP contribution in [0.25, 0.3) is 0 Å². The quantitative estimate of drug-likeness (QED) is 0.707. The van der Waals surface area contributed by atoms with Gasteiger partial charge in [0.05, 0.1) is 0 Å². The zero-order valence-corrected chi connectivity index (χ0v) is 13.0. The van der Waals surface area contributed by atoms with E-state index in [9.17, 15) is 9.59 Å². The lowest BCUT2D eigenvalue weighted by atomic mass is 9.84. The lowest BCUT2D eigenvalue weighted by Gasteiger charge is -2.41. The zero-order valence-electron chi connectivity index (χ0n) is 13.0. The van der Waals surface area contributed by atoms with E-state index in [0.717, 1.165) is 6.41 Å². The summed E-state index contributed by atoms with van der Waals surface area (Å²) >= 11 is 0. The highest BCUT2D eigenvalue weighted by atomic mass is 16.2. The number of hydrogen-bond acceptors (Lipinski definition) is 2. The maximum absolute atomic E-state index is 12.7. The third-order valence-corrected chi connectivity index (χ3v) is 2.99. The molecular formula is C14H28N2O2. The first-order valence-electron chi connectivity index (χ1n) is 6.53. The highest BCUT2D eigenvalue weighted by Gasteiger charge is 2.38. The average molecular weight is 256 g/mol. The molecule has 0 saturated carbocycles. The van der Waals surface area contributed by atoms with Crippen LogP contribution in [-0.4, -0.2) is 47.3 Å². The Kier molecular flexibility index (Phi) is 5.84. The number of likely N-dealkylation sites (N-methyl/N-ethyl adjacent to an activating group) is 1. The van der Waals surface area contributed by atoms with Crippen LogP contribution in [0.3, 0.4) is 0 Å². The van der Waals surface area contributed by atoms with Crippen molar-refractivity contribution in [1.82, 2.24) is 9.80 Å². The molecule has 0 heterocycles. The molecule has 0 bridgehead atoms. The van der Waals surface area contributed by atoms with Gasteiger partial charge in [-0.05, 0) is 33.1 Å². The number of carbonyl (C=O) groups excluding carboxylic acids is 2. The van der Waals surface area contributed by atoms with Crippen LogP contribution in [0.5, 0.6) is 0 Å². The number of hydrogen-bond donors (Lipinski definition) is 0. The van der Waals surface area contributed by atoms with Gasteiger partial charge in [-0.1, -0.05) is 20.8 Å². The fraction of sp³-hybridized carbons (Fsp3) is 0.857. The molecule has 1 atom stereocenters. The van der Waals surface area contributed by atoms with Crippen molar-refractivity contribution < 1.29 is 9.59 Å². The third kappa shape index (κ3) is 4.00. The fourth-order valence-electron chi connectivity index (χ4n) is 2.46. The van der Waals surface area contributed by atoms with Crippen LogP contribution >= 0.6 is 0 Å². The second-order valence-electron chi connectivity index (χ2n) is 6.47. The molecule has 0 fully saturated rings. The largest absolute Gasteiger partial charge is 0.336 e. The monoisotopic (exact) mass is 256 g/mol. The Morgan fingerprint density at radius 1 is 1.06 bits per heavy atom. The highest BCUT2D eigenvalue weighted by molar-refractivity contribution is 5.85. The Morgan fingerprint density at radius 3 is 1.67 bits per heavy atom. The van der Waals surface area contributed by atoms with Gasteiger partial charge in [-0.3, -0.25) is 9.59 Å². The standard InChI is InChI=1S/C14H28N2O2/c1-10(2)16(11(3)4)13(18)12(14(5,6)7)15(8)9-17/h9-12H,1-8H3/t12-/m1/s1. The normalized spacial score (nSPS) is 13.7. The first kappa shape index (κ1) is 16.9. The number of rotatable bonds is 5. The molecule has 0 aromatic heterocycles. The van der Waals surface area contributed by atoms with E-state index in [2.05, 4.69) is 0 Å². The summed E-state index contributed by atoms with van der Waals surface area (Å²) in [6.45, 7) is 13.9. The van der Waals surface area contributed by atoms with Crippen LogP contribution in [0.2, 0.25) is 0 Å². The van der Waals surface area contributed by atoms with Crippen molar-refractivity contribution in [1.29, 1.82) is 0 Å². The van der Waals surface area contributed by atoms with Gasteiger partial charge >= 0.3 is 0 Å². The molecule has 0 aliphatic carbocycles. The maximum Gasteiger partial charge on any atom is 0.246 e. The Hall–Kier alpha value is -1.06. The van der Waals surface area contributed by atoms with Gasteiger partial charge in [0.2, 0.25) is 12.3 Å². The Bertz CT molecular complexity index is 285. The molecule has 0 aromatic rings. The second-order valence-corrected chi connectivity index (χ2v) is 6.47. The SMILES string of the molecule is CC(C)N(C(=O)[C@@H](N(C)C=O)C(C)(C)C)C(C)C. The Balaban J connectivity index is 5.36. The summed E-state index contributed by atoms with van der Waals surface area (Å²) in [5.41, 5.74) is -0.283. The number of nitrogens with zero attached hydrogens (tertiary/aromatic N) is 2. The summed E-state index contributed by atoms with van der Waals surface area (Å²) in [7, 11) is 1.67. The van der Waals surface area contributed by atoms with Gasteiger partial charge in [-0.2, -0.15) is 0 Å². The summed E-state index contributed by atoms with van der Waals surface area (Å²) in [5.74, 6) is 0.0158. The molecule has 2 amide bonds. The van der Waals surface area contributed by atoms with Crippen LogP contribution in [0.4, 0.5) is 0 Å². The van der Waals surface area contributed by atoms with Crippen molar-refractivity contribution in [2.75, 3.05) is 7.05 Å². The van der Waals surface area contributed by atoms with Crippen molar-refractivity contribution in [2.24, 2.45) is 5.41 Å². The fourth-order valence-corrected chi connectivity index (χ4v) is 2.46.